The molecule has 12 heavy (non-hydrogen) atoms. The summed E-state index contributed by atoms with van der Waals surface area (Å²) in [5.74, 6) is 1.04. The fourth-order valence-corrected chi connectivity index (χ4v) is 1.73. The zero-order chi connectivity index (χ0) is 8.55. The van der Waals surface area contributed by atoms with Crippen LogP contribution in [-0.4, -0.2) is 47.0 Å². The highest BCUT2D eigenvalue weighted by Crippen LogP contribution is 2.23. The number of imidazole rings is 1. The summed E-state index contributed by atoms with van der Waals surface area (Å²) in [5.41, 5.74) is 0. The molecule has 2 heterocycles. The minimum atomic E-state index is 0.333. The first-order valence-corrected chi connectivity index (χ1v) is 4.19. The Labute approximate surface area is 72.2 Å². The van der Waals surface area contributed by atoms with Crippen LogP contribution in [-0.2, 0) is 0 Å². The zero-order valence-corrected chi connectivity index (χ0v) is 7.49. The van der Waals surface area contributed by atoms with Crippen molar-refractivity contribution >= 4 is 0 Å². The summed E-state index contributed by atoms with van der Waals surface area (Å²) in [6.07, 6.45) is 4.00. The van der Waals surface area contributed by atoms with Crippen molar-refractivity contribution in [2.75, 3.05) is 27.2 Å². The molecule has 1 fully saturated rings. The minimum absolute atomic E-state index is 0.333. The molecule has 66 valence electrons. The first-order chi connectivity index (χ1) is 5.79. The molecule has 0 radical (unpaired) electrons. The molecule has 1 aromatic rings. The normalized spacial score (nSPS) is 22.2. The highest BCUT2D eigenvalue weighted by atomic mass is 15.4. The first-order valence-electron chi connectivity index (χ1n) is 4.19. The molecule has 1 aliphatic heterocycles. The lowest BCUT2D eigenvalue weighted by molar-refractivity contribution is 0.181. The Kier molecular flexibility index (Phi) is 1.86. The van der Waals surface area contributed by atoms with Crippen molar-refractivity contribution in [2.24, 2.45) is 0 Å². The highest BCUT2D eigenvalue weighted by Gasteiger charge is 2.29. The predicted octanol–water partition coefficient (Wildman–Crippen LogP) is 0.285. The number of nitrogens with zero attached hydrogens (tertiary/aromatic N) is 3. The van der Waals surface area contributed by atoms with Gasteiger partial charge in [0.05, 0.1) is 0 Å². The van der Waals surface area contributed by atoms with E-state index in [9.17, 15) is 0 Å². The van der Waals surface area contributed by atoms with E-state index < -0.39 is 0 Å². The standard InChI is InChI=1S/C8H14N4/c1-11-5-6-12(2)8(11)7-9-3-4-10-7/h3-4,8H,5-6H2,1-2H3,(H,9,10). The van der Waals surface area contributed by atoms with E-state index in [0.29, 0.717) is 6.17 Å². The Bertz CT molecular complexity index is 234. The van der Waals surface area contributed by atoms with Gasteiger partial charge in [0.15, 0.2) is 0 Å². The van der Waals surface area contributed by atoms with Gasteiger partial charge in [0.2, 0.25) is 0 Å². The van der Waals surface area contributed by atoms with Crippen LogP contribution in [0.4, 0.5) is 0 Å². The van der Waals surface area contributed by atoms with Crippen LogP contribution in [0.5, 0.6) is 0 Å². The molecule has 0 bridgehead atoms. The van der Waals surface area contributed by atoms with Crippen molar-refractivity contribution in [1.82, 2.24) is 19.8 Å². The van der Waals surface area contributed by atoms with Gasteiger partial charge in [-0.1, -0.05) is 0 Å². The molecule has 1 aliphatic rings. The predicted molar refractivity (Wildman–Crippen MR) is 46.6 cm³/mol. The lowest BCUT2D eigenvalue weighted by Gasteiger charge is -2.22. The Hall–Kier alpha value is -0.870. The molecule has 4 nitrogen and oxygen atoms in total. The van der Waals surface area contributed by atoms with E-state index in [1.165, 1.54) is 0 Å². The fourth-order valence-electron chi connectivity index (χ4n) is 1.73. The van der Waals surface area contributed by atoms with Crippen LogP contribution in [0.15, 0.2) is 12.4 Å². The molecule has 0 aliphatic carbocycles. The van der Waals surface area contributed by atoms with Crippen molar-refractivity contribution in [3.05, 3.63) is 18.2 Å². The molecule has 1 saturated heterocycles. The van der Waals surface area contributed by atoms with Crippen LogP contribution in [0.3, 0.4) is 0 Å². The fraction of sp³-hybridized carbons (Fsp3) is 0.625. The molecule has 0 unspecified atom stereocenters. The van der Waals surface area contributed by atoms with Crippen molar-refractivity contribution in [3.8, 4) is 0 Å². The summed E-state index contributed by atoms with van der Waals surface area (Å²) in [7, 11) is 4.24. The SMILES string of the molecule is CN1CCN(C)C1c1ncc[nH]1. The quantitative estimate of drug-likeness (QED) is 0.651. The number of likely N-dealkylation sites (N-methyl/N-ethyl adjacent to an activating group) is 2. The maximum absolute atomic E-state index is 4.26. The van der Waals surface area contributed by atoms with Crippen molar-refractivity contribution in [1.29, 1.82) is 0 Å². The zero-order valence-electron chi connectivity index (χ0n) is 7.49. The van der Waals surface area contributed by atoms with Crippen molar-refractivity contribution in [2.45, 2.75) is 6.17 Å². The van der Waals surface area contributed by atoms with Gasteiger partial charge in [0.1, 0.15) is 12.0 Å². The van der Waals surface area contributed by atoms with Crippen LogP contribution in [0.1, 0.15) is 12.0 Å². The molecule has 0 spiro atoms. The lowest BCUT2D eigenvalue weighted by Crippen LogP contribution is -2.26. The number of hydrogen-bond donors (Lipinski definition) is 1. The number of H-pyrrole nitrogens is 1. The molecular formula is C8H14N4. The van der Waals surface area contributed by atoms with Gasteiger partial charge in [-0.25, -0.2) is 4.98 Å². The van der Waals surface area contributed by atoms with Crippen molar-refractivity contribution in [3.63, 3.8) is 0 Å². The average Bonchev–Trinajstić information content (AvgIpc) is 2.61. The van der Waals surface area contributed by atoms with Crippen LogP contribution in [0.25, 0.3) is 0 Å². The summed E-state index contributed by atoms with van der Waals surface area (Å²) in [6, 6.07) is 0. The third kappa shape index (κ3) is 1.13. The molecular weight excluding hydrogens is 152 g/mol. The number of rotatable bonds is 1. The Morgan fingerprint density at radius 2 is 2.08 bits per heavy atom. The van der Waals surface area contributed by atoms with Gasteiger partial charge >= 0.3 is 0 Å². The molecule has 0 amide bonds. The maximum Gasteiger partial charge on any atom is 0.138 e. The Morgan fingerprint density at radius 3 is 2.58 bits per heavy atom. The van der Waals surface area contributed by atoms with E-state index >= 15 is 0 Å². The van der Waals surface area contributed by atoms with Crippen LogP contribution >= 0.6 is 0 Å². The number of aromatic nitrogens is 2. The molecule has 1 N–H and O–H groups in total. The Balaban J connectivity index is 2.22. The van der Waals surface area contributed by atoms with Gasteiger partial charge in [0, 0.05) is 25.5 Å². The van der Waals surface area contributed by atoms with E-state index in [1.54, 1.807) is 6.20 Å². The molecule has 4 heteroatoms. The monoisotopic (exact) mass is 166 g/mol. The summed E-state index contributed by atoms with van der Waals surface area (Å²) in [6.45, 7) is 2.23. The van der Waals surface area contributed by atoms with E-state index in [0.717, 1.165) is 18.9 Å². The van der Waals surface area contributed by atoms with Crippen LogP contribution in [0, 0.1) is 0 Å². The lowest BCUT2D eigenvalue weighted by atomic mass is 10.4. The largest absolute Gasteiger partial charge is 0.346 e. The second-order valence-electron chi connectivity index (χ2n) is 3.31. The van der Waals surface area contributed by atoms with E-state index in [2.05, 4.69) is 33.9 Å². The number of hydrogen-bond acceptors (Lipinski definition) is 3. The molecule has 0 aromatic carbocycles. The summed E-state index contributed by atoms with van der Waals surface area (Å²) in [4.78, 5) is 12.0. The number of aromatic amines is 1. The van der Waals surface area contributed by atoms with Gasteiger partial charge in [-0.2, -0.15) is 0 Å². The second kappa shape index (κ2) is 2.88. The van der Waals surface area contributed by atoms with Gasteiger partial charge in [-0.05, 0) is 14.1 Å². The van der Waals surface area contributed by atoms with E-state index in [4.69, 9.17) is 0 Å². The molecule has 2 rings (SSSR count). The topological polar surface area (TPSA) is 35.2 Å². The minimum Gasteiger partial charge on any atom is -0.346 e. The average molecular weight is 166 g/mol. The molecule has 0 atom stereocenters. The third-order valence-electron chi connectivity index (χ3n) is 2.40. The van der Waals surface area contributed by atoms with Crippen LogP contribution < -0.4 is 0 Å². The first kappa shape index (κ1) is 7.76. The van der Waals surface area contributed by atoms with Gasteiger partial charge in [-0.3, -0.25) is 9.80 Å². The highest BCUT2D eigenvalue weighted by molar-refractivity contribution is 4.97. The smallest absolute Gasteiger partial charge is 0.138 e. The van der Waals surface area contributed by atoms with E-state index in [1.807, 2.05) is 6.20 Å². The maximum atomic E-state index is 4.26. The molecule has 1 aromatic heterocycles. The molecule has 0 saturated carbocycles. The van der Waals surface area contributed by atoms with Crippen LogP contribution in [0.2, 0.25) is 0 Å². The van der Waals surface area contributed by atoms with Gasteiger partial charge in [-0.15, -0.1) is 0 Å². The van der Waals surface area contributed by atoms with E-state index in [-0.39, 0.29) is 0 Å². The summed E-state index contributed by atoms with van der Waals surface area (Å²) >= 11 is 0. The second-order valence-corrected chi connectivity index (χ2v) is 3.31. The summed E-state index contributed by atoms with van der Waals surface area (Å²) in [5, 5.41) is 0. The van der Waals surface area contributed by atoms with Gasteiger partial charge < -0.3 is 4.98 Å². The summed E-state index contributed by atoms with van der Waals surface area (Å²) < 4.78 is 0. The van der Waals surface area contributed by atoms with Gasteiger partial charge in [0.25, 0.3) is 0 Å². The Morgan fingerprint density at radius 1 is 1.42 bits per heavy atom. The number of nitrogens with one attached hydrogen (secondary N) is 1. The van der Waals surface area contributed by atoms with Crippen molar-refractivity contribution < 1.29 is 0 Å². The third-order valence-corrected chi connectivity index (χ3v) is 2.40.